The van der Waals surface area contributed by atoms with Gasteiger partial charge in [0.2, 0.25) is 10.0 Å². The Morgan fingerprint density at radius 2 is 1.59 bits per heavy atom. The molecule has 0 aliphatic heterocycles. The first kappa shape index (κ1) is 18.6. The van der Waals surface area contributed by atoms with Gasteiger partial charge in [0.05, 0.1) is 0 Å². The van der Waals surface area contributed by atoms with Crippen molar-refractivity contribution in [2.24, 2.45) is 19.5 Å². The number of hydrogen-bond donors (Lipinski definition) is 1. The molecule has 1 heterocycles. The van der Waals surface area contributed by atoms with E-state index >= 15 is 0 Å². The zero-order valence-electron chi connectivity index (χ0n) is 14.2. The van der Waals surface area contributed by atoms with Crippen LogP contribution in [0.15, 0.2) is 20.7 Å². The van der Waals surface area contributed by atoms with Crippen LogP contribution in [-0.2, 0) is 24.1 Å². The van der Waals surface area contributed by atoms with E-state index in [0.29, 0.717) is 6.42 Å². The van der Waals surface area contributed by atoms with Gasteiger partial charge in [-0.3, -0.25) is 9.36 Å². The van der Waals surface area contributed by atoms with Crippen molar-refractivity contribution in [3.05, 3.63) is 27.0 Å². The van der Waals surface area contributed by atoms with Crippen molar-refractivity contribution in [3.63, 3.8) is 0 Å². The molecule has 0 spiro atoms. The van der Waals surface area contributed by atoms with E-state index in [1.165, 1.54) is 14.1 Å². The van der Waals surface area contributed by atoms with E-state index in [1.807, 2.05) is 20.8 Å². The number of nitrogens with zero attached hydrogens (tertiary/aromatic N) is 2. The number of hydrogen-bond acceptors (Lipinski definition) is 4. The van der Waals surface area contributed by atoms with Crippen molar-refractivity contribution >= 4 is 10.0 Å². The first-order chi connectivity index (χ1) is 9.66. The molecule has 0 aromatic carbocycles. The molecule has 0 saturated heterocycles. The summed E-state index contributed by atoms with van der Waals surface area (Å²) in [5.74, 6) is 0. The molecular weight excluding hydrogens is 306 g/mol. The van der Waals surface area contributed by atoms with Crippen LogP contribution in [0.1, 0.15) is 41.0 Å². The average Bonchev–Trinajstić information content (AvgIpc) is 2.26. The summed E-state index contributed by atoms with van der Waals surface area (Å²) < 4.78 is 29.5. The molecule has 0 aliphatic carbocycles. The number of rotatable bonds is 4. The van der Waals surface area contributed by atoms with Gasteiger partial charge in [-0.1, -0.05) is 20.8 Å². The van der Waals surface area contributed by atoms with Crippen LogP contribution >= 0.6 is 0 Å². The van der Waals surface area contributed by atoms with Crippen LogP contribution in [0, 0.1) is 5.41 Å². The summed E-state index contributed by atoms with van der Waals surface area (Å²) in [4.78, 5) is 23.3. The maximum atomic E-state index is 12.5. The molecule has 0 radical (unpaired) electrons. The maximum absolute atomic E-state index is 12.5. The molecule has 1 rings (SSSR count). The molecule has 0 fully saturated rings. The summed E-state index contributed by atoms with van der Waals surface area (Å²) in [5, 5.41) is 0. The minimum atomic E-state index is -4.03. The van der Waals surface area contributed by atoms with Crippen LogP contribution in [-0.4, -0.2) is 23.1 Å². The van der Waals surface area contributed by atoms with Gasteiger partial charge in [0.15, 0.2) is 4.90 Å². The first-order valence-corrected chi connectivity index (χ1v) is 8.45. The third-order valence-electron chi connectivity index (χ3n) is 3.09. The second-order valence-corrected chi connectivity index (χ2v) is 9.13. The number of aryl methyl sites for hydroxylation is 1. The molecule has 8 heteroatoms. The van der Waals surface area contributed by atoms with E-state index in [1.54, 1.807) is 13.8 Å². The van der Waals surface area contributed by atoms with E-state index in [4.69, 9.17) is 0 Å². The summed E-state index contributed by atoms with van der Waals surface area (Å²) in [7, 11) is -1.37. The van der Waals surface area contributed by atoms with Gasteiger partial charge in [0.25, 0.3) is 5.56 Å². The molecule has 0 bridgehead atoms. The topological polar surface area (TPSA) is 90.2 Å². The fraction of sp³-hybridized carbons (Fsp3) is 0.714. The third-order valence-corrected chi connectivity index (χ3v) is 4.77. The summed E-state index contributed by atoms with van der Waals surface area (Å²) in [6, 6.07) is 0. The van der Waals surface area contributed by atoms with Crippen molar-refractivity contribution in [1.82, 2.24) is 13.9 Å². The Bertz CT molecular complexity index is 780. The molecule has 0 amide bonds. The van der Waals surface area contributed by atoms with E-state index in [2.05, 4.69) is 4.72 Å². The van der Waals surface area contributed by atoms with Gasteiger partial charge in [0.1, 0.15) is 0 Å². The van der Waals surface area contributed by atoms with E-state index in [0.717, 1.165) is 15.3 Å². The van der Waals surface area contributed by atoms with Crippen LogP contribution < -0.4 is 16.0 Å². The lowest BCUT2D eigenvalue weighted by Gasteiger charge is -2.32. The lowest BCUT2D eigenvalue weighted by atomic mass is 9.82. The monoisotopic (exact) mass is 331 g/mol. The highest BCUT2D eigenvalue weighted by Crippen LogP contribution is 2.27. The zero-order chi connectivity index (χ0) is 17.5. The largest absolute Gasteiger partial charge is 0.330 e. The number of aromatic nitrogens is 2. The van der Waals surface area contributed by atoms with Gasteiger partial charge in [-0.15, -0.1) is 0 Å². The maximum Gasteiger partial charge on any atom is 0.330 e. The lowest BCUT2D eigenvalue weighted by Crippen LogP contribution is -2.48. The van der Waals surface area contributed by atoms with Gasteiger partial charge < -0.3 is 4.57 Å². The number of nitrogens with one attached hydrogen (secondary N) is 1. The third kappa shape index (κ3) is 4.30. The van der Waals surface area contributed by atoms with Crippen molar-refractivity contribution in [2.75, 3.05) is 0 Å². The van der Waals surface area contributed by atoms with Gasteiger partial charge >= 0.3 is 5.69 Å². The molecule has 0 saturated carbocycles. The Hall–Kier alpha value is -1.41. The zero-order valence-corrected chi connectivity index (χ0v) is 15.0. The van der Waals surface area contributed by atoms with Crippen molar-refractivity contribution in [3.8, 4) is 0 Å². The van der Waals surface area contributed by atoms with Gasteiger partial charge in [-0.05, 0) is 25.7 Å². The SMILES string of the molecule is Cn1cc(S(=O)(=O)NC(C)(C)CC(C)(C)C)c(=O)n(C)c1=O. The van der Waals surface area contributed by atoms with Gasteiger partial charge in [-0.25, -0.2) is 17.9 Å². The lowest BCUT2D eigenvalue weighted by molar-refractivity contribution is 0.269. The second-order valence-electron chi connectivity index (χ2n) is 7.48. The summed E-state index contributed by atoms with van der Waals surface area (Å²) in [5.41, 5.74) is -2.21. The predicted molar refractivity (Wildman–Crippen MR) is 85.4 cm³/mol. The smallest absolute Gasteiger partial charge is 0.302 e. The second kappa shape index (κ2) is 5.66. The van der Waals surface area contributed by atoms with Crippen LogP contribution in [0.5, 0.6) is 0 Å². The quantitative estimate of drug-likeness (QED) is 0.874. The Morgan fingerprint density at radius 1 is 1.09 bits per heavy atom. The van der Waals surface area contributed by atoms with Gasteiger partial charge in [0, 0.05) is 25.8 Å². The van der Waals surface area contributed by atoms with Gasteiger partial charge in [-0.2, -0.15) is 0 Å². The van der Waals surface area contributed by atoms with E-state index < -0.39 is 31.7 Å². The Labute approximate surface area is 131 Å². The fourth-order valence-electron chi connectivity index (χ4n) is 2.74. The predicted octanol–water partition coefficient (Wildman–Crippen LogP) is 0.577. The first-order valence-electron chi connectivity index (χ1n) is 6.97. The highest BCUT2D eigenvalue weighted by molar-refractivity contribution is 7.89. The normalized spacial score (nSPS) is 13.4. The molecule has 7 nitrogen and oxygen atoms in total. The number of sulfonamides is 1. The van der Waals surface area contributed by atoms with Crippen molar-refractivity contribution < 1.29 is 8.42 Å². The molecule has 1 aromatic heterocycles. The molecule has 0 aliphatic rings. The van der Waals surface area contributed by atoms with Crippen LogP contribution in [0.25, 0.3) is 0 Å². The van der Waals surface area contributed by atoms with Crippen molar-refractivity contribution in [1.29, 1.82) is 0 Å². The molecule has 1 N–H and O–H groups in total. The molecule has 126 valence electrons. The van der Waals surface area contributed by atoms with Crippen LogP contribution in [0.4, 0.5) is 0 Å². The molecule has 0 atom stereocenters. The van der Waals surface area contributed by atoms with Crippen molar-refractivity contribution in [2.45, 2.75) is 51.5 Å². The fourth-order valence-corrected chi connectivity index (χ4v) is 4.31. The summed E-state index contributed by atoms with van der Waals surface area (Å²) in [6.45, 7) is 9.56. The highest BCUT2D eigenvalue weighted by atomic mass is 32.2. The standard InChI is InChI=1S/C14H25N3O4S/c1-13(2,3)9-14(4,5)15-22(20,21)10-8-16(6)12(19)17(7)11(10)18/h8,15H,9H2,1-7H3. The molecule has 0 unspecified atom stereocenters. The van der Waals surface area contributed by atoms with E-state index in [9.17, 15) is 18.0 Å². The molecule has 1 aromatic rings. The Kier molecular flexibility index (Phi) is 4.79. The van der Waals surface area contributed by atoms with Crippen LogP contribution in [0.2, 0.25) is 0 Å². The summed E-state index contributed by atoms with van der Waals surface area (Å²) >= 11 is 0. The van der Waals surface area contributed by atoms with E-state index in [-0.39, 0.29) is 5.41 Å². The molecule has 22 heavy (non-hydrogen) atoms. The summed E-state index contributed by atoms with van der Waals surface area (Å²) in [6.07, 6.45) is 1.64. The average molecular weight is 331 g/mol. The molecular formula is C14H25N3O4S. The minimum Gasteiger partial charge on any atom is -0.302 e. The Morgan fingerprint density at radius 3 is 2.05 bits per heavy atom. The highest BCUT2D eigenvalue weighted by Gasteiger charge is 2.32. The Balaban J connectivity index is 3.33. The van der Waals surface area contributed by atoms with Crippen LogP contribution in [0.3, 0.4) is 0 Å². The minimum absolute atomic E-state index is 0.0828.